The predicted octanol–water partition coefficient (Wildman–Crippen LogP) is 1.74. The van der Waals surface area contributed by atoms with Crippen molar-refractivity contribution in [3.8, 4) is 0 Å². The molecule has 0 aliphatic heterocycles. The Morgan fingerprint density at radius 2 is 2.21 bits per heavy atom. The highest BCUT2D eigenvalue weighted by molar-refractivity contribution is 8.01. The highest BCUT2D eigenvalue weighted by atomic mass is 32.2. The maximum Gasteiger partial charge on any atom is 0.357 e. The van der Waals surface area contributed by atoms with Crippen LogP contribution in [0.5, 0.6) is 0 Å². The number of carbonyl (C=O) groups excluding carboxylic acids is 1. The van der Waals surface area contributed by atoms with Gasteiger partial charge in [0, 0.05) is 0 Å². The Balaban J connectivity index is 4.60. The van der Waals surface area contributed by atoms with Gasteiger partial charge in [0.05, 0.1) is 7.11 Å². The van der Waals surface area contributed by atoms with Gasteiger partial charge in [0.25, 0.3) is 5.00 Å². The van der Waals surface area contributed by atoms with Gasteiger partial charge in [-0.3, -0.25) is 0 Å². The van der Waals surface area contributed by atoms with Gasteiger partial charge in [0.2, 0.25) is 0 Å². The quantitative estimate of drug-likeness (QED) is 0.698. The van der Waals surface area contributed by atoms with E-state index in [0.717, 1.165) is 18.9 Å². The molecule has 14 heavy (non-hydrogen) atoms. The molecule has 0 aliphatic carbocycles. The van der Waals surface area contributed by atoms with Crippen LogP contribution in [-0.4, -0.2) is 35.0 Å². The molecule has 0 heterocycles. The second-order valence-electron chi connectivity index (χ2n) is 2.87. The molecule has 0 aromatic heterocycles. The van der Waals surface area contributed by atoms with E-state index >= 15 is 0 Å². The van der Waals surface area contributed by atoms with E-state index in [-0.39, 0.29) is 6.42 Å². The summed E-state index contributed by atoms with van der Waals surface area (Å²) in [7, 11) is 1.12. The Kier molecular flexibility index (Phi) is 6.11. The maximum absolute atomic E-state index is 14.0. The molecule has 2 atom stereocenters. The normalized spacial score (nSPS) is 17.2. The summed E-state index contributed by atoms with van der Waals surface area (Å²) in [6.45, 7) is 3.54. The van der Waals surface area contributed by atoms with Gasteiger partial charge in [0.15, 0.2) is 0 Å². The minimum atomic E-state index is -2.32. The number of ether oxygens (including phenoxy) is 1. The zero-order valence-corrected chi connectivity index (χ0v) is 9.57. The van der Waals surface area contributed by atoms with Crippen molar-refractivity contribution in [2.75, 3.05) is 12.9 Å². The summed E-state index contributed by atoms with van der Waals surface area (Å²) in [4.78, 5) is 11.2. The van der Waals surface area contributed by atoms with Gasteiger partial charge in [-0.1, -0.05) is 20.3 Å². The number of rotatable bonds is 6. The van der Waals surface area contributed by atoms with Crippen molar-refractivity contribution < 1.29 is 19.0 Å². The number of aliphatic hydroxyl groups is 1. The third-order valence-corrected chi connectivity index (χ3v) is 2.96. The highest BCUT2D eigenvalue weighted by Gasteiger charge is 2.46. The smallest absolute Gasteiger partial charge is 0.357 e. The van der Waals surface area contributed by atoms with Crippen LogP contribution in [-0.2, 0) is 9.53 Å². The minimum absolute atomic E-state index is 0.249. The first kappa shape index (κ1) is 13.7. The first-order chi connectivity index (χ1) is 6.52. The van der Waals surface area contributed by atoms with Gasteiger partial charge in [-0.05, 0) is 12.2 Å². The Bertz CT molecular complexity index is 189. The third kappa shape index (κ3) is 3.13. The maximum atomic E-state index is 14.0. The number of thioether (sulfide) groups is 1. The SMILES string of the molecule is CCC[C@@H](O)[C@](F)(SCC)C(=O)OC. The van der Waals surface area contributed by atoms with E-state index in [0.29, 0.717) is 12.2 Å². The lowest BCUT2D eigenvalue weighted by Crippen LogP contribution is -2.43. The number of methoxy groups -OCH3 is 1. The molecule has 0 fully saturated rings. The summed E-state index contributed by atoms with van der Waals surface area (Å²) in [5, 5.41) is 7.18. The molecule has 0 amide bonds. The van der Waals surface area contributed by atoms with Crippen LogP contribution in [0.3, 0.4) is 0 Å². The number of carbonyl (C=O) groups is 1. The van der Waals surface area contributed by atoms with Crippen molar-refractivity contribution in [2.45, 2.75) is 37.8 Å². The standard InChI is InChI=1S/C9H17FO3S/c1-4-6-7(11)9(10,14-5-2)8(12)13-3/h7,11H,4-6H2,1-3H3/t7-,9+/m1/s1. The van der Waals surface area contributed by atoms with Crippen molar-refractivity contribution in [1.29, 1.82) is 0 Å². The number of halogens is 1. The zero-order valence-electron chi connectivity index (χ0n) is 8.75. The Hall–Kier alpha value is -0.290. The molecule has 0 unspecified atom stereocenters. The van der Waals surface area contributed by atoms with Crippen LogP contribution in [0.15, 0.2) is 0 Å². The number of alkyl halides is 1. The molecule has 1 N–H and O–H groups in total. The highest BCUT2D eigenvalue weighted by Crippen LogP contribution is 2.34. The van der Waals surface area contributed by atoms with Crippen LogP contribution < -0.4 is 0 Å². The van der Waals surface area contributed by atoms with Crippen LogP contribution in [0.25, 0.3) is 0 Å². The zero-order chi connectivity index (χ0) is 11.2. The molecule has 0 aliphatic rings. The summed E-state index contributed by atoms with van der Waals surface area (Å²) in [5.74, 6) is -0.600. The monoisotopic (exact) mass is 224 g/mol. The summed E-state index contributed by atoms with van der Waals surface area (Å²) in [5.41, 5.74) is 0. The van der Waals surface area contributed by atoms with E-state index in [9.17, 15) is 14.3 Å². The molecule has 0 radical (unpaired) electrons. The third-order valence-electron chi connectivity index (χ3n) is 1.81. The van der Waals surface area contributed by atoms with E-state index in [2.05, 4.69) is 4.74 Å². The fourth-order valence-electron chi connectivity index (χ4n) is 1.10. The second-order valence-corrected chi connectivity index (χ2v) is 4.33. The van der Waals surface area contributed by atoms with Crippen molar-refractivity contribution >= 4 is 17.7 Å². The molecule has 0 spiro atoms. The van der Waals surface area contributed by atoms with Crippen LogP contribution in [0.2, 0.25) is 0 Å². The van der Waals surface area contributed by atoms with Crippen LogP contribution in [0, 0.1) is 0 Å². The summed E-state index contributed by atoms with van der Waals surface area (Å²) < 4.78 is 18.3. The molecule has 5 heteroatoms. The minimum Gasteiger partial charge on any atom is -0.466 e. The first-order valence-corrected chi connectivity index (χ1v) is 5.60. The van der Waals surface area contributed by atoms with Crippen LogP contribution in [0.1, 0.15) is 26.7 Å². The molecular weight excluding hydrogens is 207 g/mol. The van der Waals surface area contributed by atoms with Gasteiger partial charge in [-0.25, -0.2) is 9.18 Å². The van der Waals surface area contributed by atoms with E-state index in [4.69, 9.17) is 0 Å². The van der Waals surface area contributed by atoms with E-state index in [1.807, 2.05) is 6.92 Å². The van der Waals surface area contributed by atoms with Gasteiger partial charge in [-0.2, -0.15) is 0 Å². The van der Waals surface area contributed by atoms with E-state index in [1.165, 1.54) is 0 Å². The molecular formula is C9H17FO3S. The van der Waals surface area contributed by atoms with E-state index in [1.54, 1.807) is 6.92 Å². The summed E-state index contributed by atoms with van der Waals surface area (Å²) in [6, 6.07) is 0. The Morgan fingerprint density at radius 3 is 2.57 bits per heavy atom. The van der Waals surface area contributed by atoms with Crippen molar-refractivity contribution in [3.63, 3.8) is 0 Å². The second kappa shape index (κ2) is 6.24. The summed E-state index contributed by atoms with van der Waals surface area (Å²) >= 11 is 0.768. The molecule has 3 nitrogen and oxygen atoms in total. The van der Waals surface area contributed by atoms with Crippen molar-refractivity contribution in [2.24, 2.45) is 0 Å². The fraction of sp³-hybridized carbons (Fsp3) is 0.889. The molecule has 84 valence electrons. The summed E-state index contributed by atoms with van der Waals surface area (Å²) in [6.07, 6.45) is -0.433. The van der Waals surface area contributed by atoms with Crippen LogP contribution in [0.4, 0.5) is 4.39 Å². The van der Waals surface area contributed by atoms with Gasteiger partial charge < -0.3 is 9.84 Å². The largest absolute Gasteiger partial charge is 0.466 e. The van der Waals surface area contributed by atoms with E-state index < -0.39 is 17.1 Å². The average molecular weight is 224 g/mol. The number of esters is 1. The number of hydrogen-bond donors (Lipinski definition) is 1. The number of aliphatic hydroxyl groups excluding tert-OH is 1. The molecule has 0 bridgehead atoms. The topological polar surface area (TPSA) is 46.5 Å². The first-order valence-electron chi connectivity index (χ1n) is 4.62. The molecule has 0 saturated carbocycles. The number of hydrogen-bond acceptors (Lipinski definition) is 4. The molecule has 0 aromatic carbocycles. The molecule has 0 rings (SSSR count). The lowest BCUT2D eigenvalue weighted by molar-refractivity contribution is -0.154. The lowest BCUT2D eigenvalue weighted by Gasteiger charge is -2.26. The average Bonchev–Trinajstić information content (AvgIpc) is 2.17. The van der Waals surface area contributed by atoms with Gasteiger partial charge in [0.1, 0.15) is 6.10 Å². The van der Waals surface area contributed by atoms with Gasteiger partial charge in [-0.15, -0.1) is 11.8 Å². The Morgan fingerprint density at radius 1 is 1.64 bits per heavy atom. The lowest BCUT2D eigenvalue weighted by atomic mass is 10.1. The predicted molar refractivity (Wildman–Crippen MR) is 54.9 cm³/mol. The van der Waals surface area contributed by atoms with Crippen molar-refractivity contribution in [3.05, 3.63) is 0 Å². The molecule has 0 aromatic rings. The molecule has 0 saturated heterocycles. The van der Waals surface area contributed by atoms with Crippen molar-refractivity contribution in [1.82, 2.24) is 0 Å². The van der Waals surface area contributed by atoms with Crippen LogP contribution >= 0.6 is 11.8 Å². The Labute approximate surface area is 88.0 Å². The fourth-order valence-corrected chi connectivity index (χ4v) is 2.03. The van der Waals surface area contributed by atoms with Gasteiger partial charge >= 0.3 is 5.97 Å².